The van der Waals surface area contributed by atoms with Crippen molar-refractivity contribution in [2.24, 2.45) is 0 Å². The molecule has 60 valence electrons. The fraction of sp³-hybridized carbons (Fsp3) is 0.333. The molecule has 2 rings (SSSR count). The van der Waals surface area contributed by atoms with E-state index in [2.05, 4.69) is 0 Å². The van der Waals surface area contributed by atoms with E-state index < -0.39 is 0 Å². The van der Waals surface area contributed by atoms with Gasteiger partial charge in [0.1, 0.15) is 0 Å². The molecular weight excluding hydrogens is 138 g/mol. The normalized spacial score (nSPS) is 10.9. The van der Waals surface area contributed by atoms with E-state index in [0.29, 0.717) is 0 Å². The molecule has 2 heteroatoms. The summed E-state index contributed by atoms with van der Waals surface area (Å²) in [6, 6.07) is 7.84. The Labute approximate surface area is 67.4 Å². The smallest absolute Gasteiger partial charge is 0.170 e. The van der Waals surface area contributed by atoms with Gasteiger partial charge in [0, 0.05) is 0 Å². The quantitative estimate of drug-likeness (QED) is 0.535. The molecule has 1 aliphatic heterocycles. The maximum atomic E-state index is 4.94. The number of ether oxygens (including phenoxy) is 1. The van der Waals surface area contributed by atoms with E-state index in [1.807, 2.05) is 50.3 Å². The lowest BCUT2D eigenvalue weighted by molar-refractivity contribution is 0.505. The van der Waals surface area contributed by atoms with Gasteiger partial charge in [-0.15, -0.1) is 0 Å². The van der Waals surface area contributed by atoms with Gasteiger partial charge >= 0.3 is 0 Å². The van der Waals surface area contributed by atoms with Gasteiger partial charge in [-0.05, 0) is 33.3 Å². The first-order valence-corrected chi connectivity index (χ1v) is 3.58. The van der Waals surface area contributed by atoms with Crippen LogP contribution in [0.2, 0.25) is 0 Å². The van der Waals surface area contributed by atoms with Gasteiger partial charge in [-0.25, -0.2) is 0 Å². The van der Waals surface area contributed by atoms with Crippen molar-refractivity contribution in [2.75, 3.05) is 21.1 Å². The SMILES string of the molecule is CN(C)C.c1ccc2c(c1)O2. The maximum Gasteiger partial charge on any atom is 0.170 e. The summed E-state index contributed by atoms with van der Waals surface area (Å²) in [6.07, 6.45) is 0. The molecule has 1 aromatic rings. The third-order valence-corrected chi connectivity index (χ3v) is 1.03. The van der Waals surface area contributed by atoms with Gasteiger partial charge in [0.25, 0.3) is 0 Å². The second kappa shape index (κ2) is 3.39. The maximum absolute atomic E-state index is 4.94. The molecule has 0 N–H and O–H groups in total. The molecule has 1 aliphatic rings. The molecule has 0 bridgehead atoms. The van der Waals surface area contributed by atoms with Crippen molar-refractivity contribution in [3.05, 3.63) is 24.3 Å². The van der Waals surface area contributed by atoms with Crippen molar-refractivity contribution in [2.45, 2.75) is 0 Å². The average molecular weight is 151 g/mol. The highest BCUT2D eigenvalue weighted by Crippen LogP contribution is 2.43. The first-order valence-electron chi connectivity index (χ1n) is 3.58. The van der Waals surface area contributed by atoms with Crippen LogP contribution in [0.3, 0.4) is 0 Å². The van der Waals surface area contributed by atoms with Gasteiger partial charge in [-0.1, -0.05) is 12.1 Å². The van der Waals surface area contributed by atoms with E-state index in [4.69, 9.17) is 4.74 Å². The molecule has 0 atom stereocenters. The summed E-state index contributed by atoms with van der Waals surface area (Å²) in [5.41, 5.74) is 0. The second-order valence-corrected chi connectivity index (χ2v) is 2.89. The van der Waals surface area contributed by atoms with Crippen LogP contribution in [0.25, 0.3) is 0 Å². The molecule has 0 amide bonds. The Morgan fingerprint density at radius 2 is 1.36 bits per heavy atom. The van der Waals surface area contributed by atoms with Crippen LogP contribution < -0.4 is 4.74 Å². The zero-order chi connectivity index (χ0) is 8.27. The molecule has 0 unspecified atom stereocenters. The Kier molecular flexibility index (Phi) is 2.49. The number of hydrogen-bond acceptors (Lipinski definition) is 2. The number of hydrogen-bond donors (Lipinski definition) is 0. The standard InChI is InChI=1S/C6H4O.C3H9N/c1-2-4-6-5(3-1)7-6;1-4(2)3/h1-4H;1-3H3. The molecule has 0 saturated heterocycles. The average Bonchev–Trinajstić information content (AvgIpc) is 2.62. The predicted molar refractivity (Wildman–Crippen MR) is 46.1 cm³/mol. The Morgan fingerprint density at radius 3 is 1.64 bits per heavy atom. The summed E-state index contributed by atoms with van der Waals surface area (Å²) >= 11 is 0. The van der Waals surface area contributed by atoms with Gasteiger partial charge < -0.3 is 9.64 Å². The highest BCUT2D eigenvalue weighted by molar-refractivity contribution is 5.53. The Balaban J connectivity index is 0.000000134. The summed E-state index contributed by atoms with van der Waals surface area (Å²) in [5.74, 6) is 2.06. The molecule has 0 saturated carbocycles. The lowest BCUT2D eigenvalue weighted by Crippen LogP contribution is -1.99. The van der Waals surface area contributed by atoms with Crippen LogP contribution in [-0.4, -0.2) is 26.0 Å². The Hall–Kier alpha value is -1.02. The van der Waals surface area contributed by atoms with Gasteiger partial charge in [0.2, 0.25) is 0 Å². The van der Waals surface area contributed by atoms with Crippen LogP contribution in [0.1, 0.15) is 0 Å². The van der Waals surface area contributed by atoms with Gasteiger partial charge in [-0.2, -0.15) is 0 Å². The molecular formula is C9H13NO. The third-order valence-electron chi connectivity index (χ3n) is 1.03. The van der Waals surface area contributed by atoms with Crippen LogP contribution in [0, 0.1) is 0 Å². The molecule has 0 aliphatic carbocycles. The molecule has 0 spiro atoms. The lowest BCUT2D eigenvalue weighted by atomic mass is 10.4. The highest BCUT2D eigenvalue weighted by atomic mass is 16.6. The molecule has 0 aromatic heterocycles. The van der Waals surface area contributed by atoms with Crippen molar-refractivity contribution >= 4 is 0 Å². The van der Waals surface area contributed by atoms with Crippen LogP contribution in [0.5, 0.6) is 11.5 Å². The minimum atomic E-state index is 1.03. The van der Waals surface area contributed by atoms with E-state index in [0.717, 1.165) is 11.5 Å². The molecule has 2 nitrogen and oxygen atoms in total. The third kappa shape index (κ3) is 3.05. The summed E-state index contributed by atoms with van der Waals surface area (Å²) in [5, 5.41) is 0. The number of para-hydroxylation sites is 2. The minimum Gasteiger partial charge on any atom is -0.450 e. The van der Waals surface area contributed by atoms with Crippen LogP contribution in [0.4, 0.5) is 0 Å². The number of rotatable bonds is 0. The first-order chi connectivity index (χ1) is 5.20. The van der Waals surface area contributed by atoms with Gasteiger partial charge in [0.05, 0.1) is 0 Å². The highest BCUT2D eigenvalue weighted by Gasteiger charge is 2.15. The van der Waals surface area contributed by atoms with E-state index >= 15 is 0 Å². The summed E-state index contributed by atoms with van der Waals surface area (Å²) in [6.45, 7) is 0. The van der Waals surface area contributed by atoms with Gasteiger partial charge in [0.15, 0.2) is 11.5 Å². The number of nitrogens with zero attached hydrogens (tertiary/aromatic N) is 1. The number of benzene rings is 1. The molecule has 1 heterocycles. The molecule has 0 fully saturated rings. The van der Waals surface area contributed by atoms with Gasteiger partial charge in [-0.3, -0.25) is 0 Å². The molecule has 1 aromatic carbocycles. The molecule has 11 heavy (non-hydrogen) atoms. The van der Waals surface area contributed by atoms with E-state index in [1.165, 1.54) is 0 Å². The van der Waals surface area contributed by atoms with Crippen molar-refractivity contribution < 1.29 is 4.74 Å². The van der Waals surface area contributed by atoms with Crippen LogP contribution in [-0.2, 0) is 0 Å². The van der Waals surface area contributed by atoms with Crippen LogP contribution in [0.15, 0.2) is 24.3 Å². The topological polar surface area (TPSA) is 15.8 Å². The summed E-state index contributed by atoms with van der Waals surface area (Å²) < 4.78 is 4.94. The second-order valence-electron chi connectivity index (χ2n) is 2.89. The lowest BCUT2D eigenvalue weighted by Gasteiger charge is -1.90. The zero-order valence-corrected chi connectivity index (χ0v) is 7.16. The van der Waals surface area contributed by atoms with Crippen molar-refractivity contribution in [1.29, 1.82) is 0 Å². The number of fused-ring (bicyclic) bond motifs is 1. The van der Waals surface area contributed by atoms with E-state index in [-0.39, 0.29) is 0 Å². The van der Waals surface area contributed by atoms with Crippen molar-refractivity contribution in [3.63, 3.8) is 0 Å². The largest absolute Gasteiger partial charge is 0.450 e. The minimum absolute atomic E-state index is 1.03. The summed E-state index contributed by atoms with van der Waals surface area (Å²) in [7, 11) is 6.00. The fourth-order valence-corrected chi connectivity index (χ4v) is 0.611. The summed E-state index contributed by atoms with van der Waals surface area (Å²) in [4.78, 5) is 2.00. The van der Waals surface area contributed by atoms with Crippen LogP contribution >= 0.6 is 0 Å². The van der Waals surface area contributed by atoms with Crippen molar-refractivity contribution in [1.82, 2.24) is 4.90 Å². The fourth-order valence-electron chi connectivity index (χ4n) is 0.611. The first kappa shape index (κ1) is 8.08. The van der Waals surface area contributed by atoms with E-state index in [1.54, 1.807) is 0 Å². The Bertz CT molecular complexity index is 209. The van der Waals surface area contributed by atoms with Crippen molar-refractivity contribution in [3.8, 4) is 11.5 Å². The van der Waals surface area contributed by atoms with E-state index in [9.17, 15) is 0 Å². The Morgan fingerprint density at radius 1 is 1.00 bits per heavy atom. The monoisotopic (exact) mass is 151 g/mol. The molecule has 0 radical (unpaired) electrons. The zero-order valence-electron chi connectivity index (χ0n) is 7.16. The predicted octanol–water partition coefficient (Wildman–Crippen LogP) is 1.97.